The van der Waals surface area contributed by atoms with Crippen LogP contribution in [-0.4, -0.2) is 17.8 Å². The minimum Gasteiger partial charge on any atom is -0.490 e. The first-order valence-electron chi connectivity index (χ1n) is 4.95. The molecule has 2 nitrogen and oxygen atoms in total. The maximum absolute atomic E-state index is 12.2. The van der Waals surface area contributed by atoms with Crippen molar-refractivity contribution in [2.75, 3.05) is 6.61 Å². The fourth-order valence-corrected chi connectivity index (χ4v) is 1.45. The topological polar surface area (TPSA) is 29.5 Å². The number of aliphatic hydroxyl groups is 1. The van der Waals surface area contributed by atoms with E-state index in [4.69, 9.17) is 9.84 Å². The van der Waals surface area contributed by atoms with Crippen LogP contribution in [0.25, 0.3) is 0 Å². The normalized spacial score (nSPS) is 24.2. The third-order valence-electron chi connectivity index (χ3n) is 2.56. The fourth-order valence-electron chi connectivity index (χ4n) is 1.45. The summed E-state index contributed by atoms with van der Waals surface area (Å²) < 4.78 is 42.1. The van der Waals surface area contributed by atoms with Gasteiger partial charge in [0.1, 0.15) is 11.9 Å². The molecule has 0 heterocycles. The zero-order valence-electron chi connectivity index (χ0n) is 8.37. The summed E-state index contributed by atoms with van der Waals surface area (Å²) in [7, 11) is 0. The van der Waals surface area contributed by atoms with Crippen LogP contribution < -0.4 is 4.74 Å². The van der Waals surface area contributed by atoms with Crippen LogP contribution in [0, 0.1) is 5.92 Å². The maximum Gasteiger partial charge on any atom is 0.416 e. The summed E-state index contributed by atoms with van der Waals surface area (Å²) in [4.78, 5) is 0. The molecular weight excluding hydrogens is 221 g/mol. The van der Waals surface area contributed by atoms with Crippen LogP contribution in [0.15, 0.2) is 24.3 Å². The van der Waals surface area contributed by atoms with Crippen LogP contribution in [0.2, 0.25) is 0 Å². The number of halogens is 3. The summed E-state index contributed by atoms with van der Waals surface area (Å²) in [5, 5.41) is 8.78. The molecule has 0 aliphatic heterocycles. The van der Waals surface area contributed by atoms with Gasteiger partial charge < -0.3 is 9.84 Å². The molecule has 1 saturated carbocycles. The Morgan fingerprint density at radius 2 is 1.88 bits per heavy atom. The number of rotatable bonds is 3. The van der Waals surface area contributed by atoms with Crippen LogP contribution in [0.1, 0.15) is 12.0 Å². The second kappa shape index (κ2) is 3.97. The van der Waals surface area contributed by atoms with E-state index in [1.54, 1.807) is 0 Å². The molecule has 2 atom stereocenters. The van der Waals surface area contributed by atoms with E-state index in [0.29, 0.717) is 5.75 Å². The van der Waals surface area contributed by atoms with Crippen molar-refractivity contribution in [1.29, 1.82) is 0 Å². The van der Waals surface area contributed by atoms with Crippen LogP contribution in [0.5, 0.6) is 5.75 Å². The highest BCUT2D eigenvalue weighted by Crippen LogP contribution is 2.35. The summed E-state index contributed by atoms with van der Waals surface area (Å²) in [6, 6.07) is 4.59. The zero-order valence-corrected chi connectivity index (χ0v) is 8.37. The van der Waals surface area contributed by atoms with E-state index >= 15 is 0 Å². The molecule has 0 amide bonds. The van der Waals surface area contributed by atoms with Crippen molar-refractivity contribution in [2.24, 2.45) is 5.92 Å². The van der Waals surface area contributed by atoms with Crippen molar-refractivity contribution in [3.8, 4) is 5.75 Å². The van der Waals surface area contributed by atoms with Crippen molar-refractivity contribution < 1.29 is 23.0 Å². The lowest BCUT2D eigenvalue weighted by atomic mass is 10.2. The van der Waals surface area contributed by atoms with Gasteiger partial charge in [0, 0.05) is 12.5 Å². The summed E-state index contributed by atoms with van der Waals surface area (Å²) >= 11 is 0. The van der Waals surface area contributed by atoms with Gasteiger partial charge in [-0.3, -0.25) is 0 Å². The summed E-state index contributed by atoms with van der Waals surface area (Å²) in [6.07, 6.45) is -3.61. The fraction of sp³-hybridized carbons (Fsp3) is 0.455. The van der Waals surface area contributed by atoms with E-state index in [-0.39, 0.29) is 18.6 Å². The van der Waals surface area contributed by atoms with Crippen LogP contribution in [0.4, 0.5) is 13.2 Å². The van der Waals surface area contributed by atoms with E-state index < -0.39 is 11.7 Å². The first-order chi connectivity index (χ1) is 7.50. The largest absolute Gasteiger partial charge is 0.490 e. The smallest absolute Gasteiger partial charge is 0.416 e. The molecule has 1 fully saturated rings. The SMILES string of the molecule is OCC1CC1Oc1ccc(C(F)(F)F)cc1. The Hall–Kier alpha value is -1.23. The van der Waals surface area contributed by atoms with E-state index in [2.05, 4.69) is 0 Å². The minimum atomic E-state index is -4.31. The highest BCUT2D eigenvalue weighted by Gasteiger charge is 2.39. The molecule has 0 spiro atoms. The molecule has 2 unspecified atom stereocenters. The van der Waals surface area contributed by atoms with Gasteiger partial charge in [-0.25, -0.2) is 0 Å². The van der Waals surface area contributed by atoms with E-state index in [0.717, 1.165) is 18.6 Å². The van der Waals surface area contributed by atoms with Gasteiger partial charge in [-0.05, 0) is 30.7 Å². The molecule has 1 aliphatic carbocycles. The molecule has 0 aromatic heterocycles. The Labute approximate surface area is 90.7 Å². The quantitative estimate of drug-likeness (QED) is 0.867. The standard InChI is InChI=1S/C11H11F3O2/c12-11(13,14)8-1-3-9(4-2-8)16-10-5-7(10)6-15/h1-4,7,10,15H,5-6H2. The summed E-state index contributed by atoms with van der Waals surface area (Å²) in [5.41, 5.74) is -0.686. The lowest BCUT2D eigenvalue weighted by Gasteiger charge is -2.08. The first-order valence-corrected chi connectivity index (χ1v) is 4.95. The first kappa shape index (κ1) is 11.3. The van der Waals surface area contributed by atoms with Crippen molar-refractivity contribution >= 4 is 0 Å². The van der Waals surface area contributed by atoms with Gasteiger partial charge in [-0.2, -0.15) is 13.2 Å². The Kier molecular flexibility index (Phi) is 2.80. The third kappa shape index (κ3) is 2.47. The van der Waals surface area contributed by atoms with Crippen molar-refractivity contribution in [3.05, 3.63) is 29.8 Å². The van der Waals surface area contributed by atoms with Crippen LogP contribution >= 0.6 is 0 Å². The van der Waals surface area contributed by atoms with Crippen LogP contribution in [-0.2, 0) is 6.18 Å². The monoisotopic (exact) mass is 232 g/mol. The number of hydrogen-bond donors (Lipinski definition) is 1. The number of aliphatic hydroxyl groups excluding tert-OH is 1. The predicted molar refractivity (Wildman–Crippen MR) is 51.1 cm³/mol. The van der Waals surface area contributed by atoms with E-state index in [1.165, 1.54) is 12.1 Å². The number of ether oxygens (including phenoxy) is 1. The van der Waals surface area contributed by atoms with Gasteiger partial charge >= 0.3 is 6.18 Å². The second-order valence-electron chi connectivity index (χ2n) is 3.86. The van der Waals surface area contributed by atoms with Crippen molar-refractivity contribution in [1.82, 2.24) is 0 Å². The molecule has 5 heteroatoms. The molecule has 1 aliphatic rings. The average Bonchev–Trinajstić information content (AvgIpc) is 2.96. The van der Waals surface area contributed by atoms with Crippen molar-refractivity contribution in [3.63, 3.8) is 0 Å². The van der Waals surface area contributed by atoms with Gasteiger partial charge in [0.25, 0.3) is 0 Å². The van der Waals surface area contributed by atoms with Gasteiger partial charge in [0.2, 0.25) is 0 Å². The number of hydrogen-bond acceptors (Lipinski definition) is 2. The van der Waals surface area contributed by atoms with Gasteiger partial charge in [-0.1, -0.05) is 0 Å². The molecule has 1 aromatic carbocycles. The molecule has 1 N–H and O–H groups in total. The maximum atomic E-state index is 12.2. The molecule has 2 rings (SSSR count). The number of alkyl halides is 3. The number of benzene rings is 1. The third-order valence-corrected chi connectivity index (χ3v) is 2.56. The van der Waals surface area contributed by atoms with E-state index in [1.807, 2.05) is 0 Å². The highest BCUT2D eigenvalue weighted by atomic mass is 19.4. The van der Waals surface area contributed by atoms with Gasteiger partial charge in [0.05, 0.1) is 5.56 Å². The molecule has 88 valence electrons. The summed E-state index contributed by atoms with van der Waals surface area (Å²) in [6.45, 7) is 0.0608. The molecule has 0 bridgehead atoms. The minimum absolute atomic E-state index is 0.0539. The van der Waals surface area contributed by atoms with Crippen LogP contribution in [0.3, 0.4) is 0 Å². The second-order valence-corrected chi connectivity index (χ2v) is 3.86. The molecular formula is C11H11F3O2. The molecule has 0 radical (unpaired) electrons. The molecule has 1 aromatic rings. The van der Waals surface area contributed by atoms with Crippen molar-refractivity contribution in [2.45, 2.75) is 18.7 Å². The molecule has 0 saturated heterocycles. The predicted octanol–water partition coefficient (Wildman–Crippen LogP) is 2.47. The average molecular weight is 232 g/mol. The molecule has 16 heavy (non-hydrogen) atoms. The van der Waals surface area contributed by atoms with Gasteiger partial charge in [-0.15, -0.1) is 0 Å². The Morgan fingerprint density at radius 3 is 2.31 bits per heavy atom. The highest BCUT2D eigenvalue weighted by molar-refractivity contribution is 5.29. The summed E-state index contributed by atoms with van der Waals surface area (Å²) in [5.74, 6) is 0.538. The lowest BCUT2D eigenvalue weighted by molar-refractivity contribution is -0.137. The van der Waals surface area contributed by atoms with E-state index in [9.17, 15) is 13.2 Å². The lowest BCUT2D eigenvalue weighted by Crippen LogP contribution is -2.06. The Balaban J connectivity index is 1.98. The zero-order chi connectivity index (χ0) is 11.8. The Morgan fingerprint density at radius 1 is 1.25 bits per heavy atom. The Bertz CT molecular complexity index is 358. The van der Waals surface area contributed by atoms with Gasteiger partial charge in [0.15, 0.2) is 0 Å².